The molecular formula is C46H43N. The van der Waals surface area contributed by atoms with Crippen LogP contribution in [0.2, 0.25) is 0 Å². The lowest BCUT2D eigenvalue weighted by Crippen LogP contribution is -1.97. The number of allylic oxidation sites excluding steroid dienone is 13. The molecule has 0 atom stereocenters. The van der Waals surface area contributed by atoms with Crippen LogP contribution in [0.4, 0.5) is 0 Å². The normalized spacial score (nSPS) is 15.2. The Morgan fingerprint density at radius 1 is 0.915 bits per heavy atom. The van der Waals surface area contributed by atoms with E-state index in [-0.39, 0.29) is 0 Å². The van der Waals surface area contributed by atoms with Gasteiger partial charge in [0.05, 0.1) is 5.52 Å². The molecule has 1 aromatic heterocycles. The zero-order chi connectivity index (χ0) is 32.9. The standard InChI is InChI=1S/C46H43N/c1-7-16-37(41-21-14-12-19-35(41)9-3)29-34-24-26-42(36(10-4)28-34)40(17-8-2)33(6)31-47-45-23-15-22-43(45)44-27-25-38(30-46(44)47)39-20-13-11-18-32(39)5/h7-13,15-20,23-31H,2-4,14,21-22H2,1,5-6H3/b16-7-,33-31-,37-29+,40-17+. The van der Waals surface area contributed by atoms with Gasteiger partial charge < -0.3 is 4.57 Å². The molecule has 0 radical (unpaired) electrons. The van der Waals surface area contributed by atoms with Gasteiger partial charge in [-0.1, -0.05) is 123 Å². The Morgan fingerprint density at radius 3 is 2.53 bits per heavy atom. The summed E-state index contributed by atoms with van der Waals surface area (Å²) in [7, 11) is 0. The number of fused-ring (bicyclic) bond motifs is 3. The van der Waals surface area contributed by atoms with Crippen LogP contribution >= 0.6 is 0 Å². The van der Waals surface area contributed by atoms with Crippen molar-refractivity contribution in [2.75, 3.05) is 0 Å². The van der Waals surface area contributed by atoms with Crippen LogP contribution in [-0.2, 0) is 6.42 Å². The molecule has 3 aromatic carbocycles. The Kier molecular flexibility index (Phi) is 9.36. The van der Waals surface area contributed by atoms with Crippen LogP contribution < -0.4 is 0 Å². The molecule has 1 nitrogen and oxygen atoms in total. The lowest BCUT2D eigenvalue weighted by molar-refractivity contribution is 0.967. The zero-order valence-corrected chi connectivity index (χ0v) is 27.9. The van der Waals surface area contributed by atoms with Gasteiger partial charge in [0.15, 0.2) is 0 Å². The molecule has 4 aromatic rings. The van der Waals surface area contributed by atoms with Crippen LogP contribution in [0, 0.1) is 6.92 Å². The fourth-order valence-electron chi connectivity index (χ4n) is 6.97. The van der Waals surface area contributed by atoms with Crippen molar-refractivity contribution in [3.8, 4) is 11.1 Å². The van der Waals surface area contributed by atoms with Crippen LogP contribution in [-0.4, -0.2) is 4.57 Å². The molecule has 6 rings (SSSR count). The molecule has 2 aliphatic rings. The van der Waals surface area contributed by atoms with Crippen molar-refractivity contribution in [2.24, 2.45) is 0 Å². The molecule has 1 heterocycles. The molecule has 0 unspecified atom stereocenters. The third-order valence-electron chi connectivity index (χ3n) is 9.27. The molecule has 0 amide bonds. The van der Waals surface area contributed by atoms with Gasteiger partial charge in [-0.25, -0.2) is 0 Å². The van der Waals surface area contributed by atoms with Gasteiger partial charge in [0.2, 0.25) is 0 Å². The Bertz CT molecular complexity index is 2120. The highest BCUT2D eigenvalue weighted by Gasteiger charge is 2.19. The Labute approximate surface area is 280 Å². The van der Waals surface area contributed by atoms with Gasteiger partial charge in [0, 0.05) is 17.3 Å². The maximum atomic E-state index is 4.22. The summed E-state index contributed by atoms with van der Waals surface area (Å²) in [5.41, 5.74) is 17.1. The van der Waals surface area contributed by atoms with Crippen molar-refractivity contribution in [2.45, 2.75) is 40.0 Å². The molecule has 47 heavy (non-hydrogen) atoms. The first-order valence-electron chi connectivity index (χ1n) is 16.5. The largest absolute Gasteiger partial charge is 0.316 e. The van der Waals surface area contributed by atoms with Crippen molar-refractivity contribution in [1.82, 2.24) is 4.57 Å². The van der Waals surface area contributed by atoms with Gasteiger partial charge in [-0.2, -0.15) is 0 Å². The predicted octanol–water partition coefficient (Wildman–Crippen LogP) is 12.8. The van der Waals surface area contributed by atoms with E-state index in [1.54, 1.807) is 0 Å². The number of hydrogen-bond acceptors (Lipinski definition) is 0. The maximum absolute atomic E-state index is 4.22. The first kappa shape index (κ1) is 31.6. The topological polar surface area (TPSA) is 4.93 Å². The van der Waals surface area contributed by atoms with E-state index in [4.69, 9.17) is 0 Å². The highest BCUT2D eigenvalue weighted by atomic mass is 15.0. The molecule has 0 fully saturated rings. The van der Waals surface area contributed by atoms with E-state index in [0.29, 0.717) is 0 Å². The minimum atomic E-state index is 0.955. The number of aromatic nitrogens is 1. The van der Waals surface area contributed by atoms with Crippen molar-refractivity contribution < 1.29 is 0 Å². The number of benzene rings is 3. The molecule has 2 aliphatic carbocycles. The van der Waals surface area contributed by atoms with E-state index >= 15 is 0 Å². The van der Waals surface area contributed by atoms with Gasteiger partial charge in [-0.15, -0.1) is 0 Å². The van der Waals surface area contributed by atoms with Crippen LogP contribution in [0.1, 0.15) is 60.2 Å². The highest BCUT2D eigenvalue weighted by Crippen LogP contribution is 2.37. The third-order valence-corrected chi connectivity index (χ3v) is 9.27. The second-order valence-electron chi connectivity index (χ2n) is 12.2. The van der Waals surface area contributed by atoms with Crippen molar-refractivity contribution in [3.63, 3.8) is 0 Å². The summed E-state index contributed by atoms with van der Waals surface area (Å²) >= 11 is 0. The summed E-state index contributed by atoms with van der Waals surface area (Å²) in [5, 5.41) is 1.31. The summed E-state index contributed by atoms with van der Waals surface area (Å²) in [6, 6.07) is 22.2. The van der Waals surface area contributed by atoms with Crippen molar-refractivity contribution >= 4 is 40.9 Å². The molecule has 0 spiro atoms. The van der Waals surface area contributed by atoms with Gasteiger partial charge in [-0.05, 0) is 131 Å². The third kappa shape index (κ3) is 6.22. The Morgan fingerprint density at radius 2 is 1.77 bits per heavy atom. The van der Waals surface area contributed by atoms with E-state index < -0.39 is 0 Å². The van der Waals surface area contributed by atoms with E-state index in [0.717, 1.165) is 47.1 Å². The van der Waals surface area contributed by atoms with E-state index in [1.807, 2.05) is 18.2 Å². The number of rotatable bonds is 10. The second-order valence-corrected chi connectivity index (χ2v) is 12.2. The first-order chi connectivity index (χ1) is 23.0. The highest BCUT2D eigenvalue weighted by molar-refractivity contribution is 5.96. The van der Waals surface area contributed by atoms with Crippen LogP contribution in [0.15, 0.2) is 151 Å². The predicted molar refractivity (Wildman–Crippen MR) is 208 cm³/mol. The smallest absolute Gasteiger partial charge is 0.0537 e. The van der Waals surface area contributed by atoms with Gasteiger partial charge >= 0.3 is 0 Å². The van der Waals surface area contributed by atoms with Crippen LogP contribution in [0.25, 0.3) is 52.0 Å². The summed E-state index contributed by atoms with van der Waals surface area (Å²) in [6.07, 6.45) is 28.8. The first-order valence-corrected chi connectivity index (χ1v) is 16.5. The van der Waals surface area contributed by atoms with E-state index in [2.05, 4.69) is 161 Å². The molecule has 0 bridgehead atoms. The lowest BCUT2D eigenvalue weighted by Gasteiger charge is -2.17. The summed E-state index contributed by atoms with van der Waals surface area (Å²) in [6.45, 7) is 18.8. The lowest BCUT2D eigenvalue weighted by atomic mass is 9.89. The average Bonchev–Trinajstić information content (AvgIpc) is 3.69. The zero-order valence-electron chi connectivity index (χ0n) is 27.9. The molecule has 0 saturated heterocycles. The molecule has 0 N–H and O–H groups in total. The molecule has 232 valence electrons. The summed E-state index contributed by atoms with van der Waals surface area (Å²) in [5.74, 6) is 0. The number of aryl methyl sites for hydroxylation is 1. The number of hydrogen-bond donors (Lipinski definition) is 0. The van der Waals surface area contributed by atoms with Gasteiger partial charge in [-0.3, -0.25) is 0 Å². The van der Waals surface area contributed by atoms with Crippen molar-refractivity contribution in [1.29, 1.82) is 0 Å². The Hall–Kier alpha value is -5.40. The monoisotopic (exact) mass is 609 g/mol. The molecular weight excluding hydrogens is 567 g/mol. The second kappa shape index (κ2) is 13.9. The summed E-state index contributed by atoms with van der Waals surface area (Å²) < 4.78 is 2.37. The fraction of sp³-hybridized carbons (Fsp3) is 0.130. The van der Waals surface area contributed by atoms with Crippen LogP contribution in [0.3, 0.4) is 0 Å². The minimum absolute atomic E-state index is 0.955. The van der Waals surface area contributed by atoms with Gasteiger partial charge in [0.25, 0.3) is 0 Å². The van der Waals surface area contributed by atoms with Gasteiger partial charge in [0.1, 0.15) is 0 Å². The molecule has 1 heteroatoms. The minimum Gasteiger partial charge on any atom is -0.316 e. The maximum Gasteiger partial charge on any atom is 0.0537 e. The Balaban J connectivity index is 1.44. The quantitative estimate of drug-likeness (QED) is 0.158. The SMILES string of the molecule is C=C/C=C(\C(C)=C/n1c2c(c3ccc(-c4ccccc4C)cc31)CC=C2)c1ccc(/C=C(\C=C/C)C2=C(C=C)C=CCC2)cc1C=C. The molecule has 0 saturated carbocycles. The van der Waals surface area contributed by atoms with E-state index in [1.165, 1.54) is 55.6 Å². The van der Waals surface area contributed by atoms with Crippen LogP contribution in [0.5, 0.6) is 0 Å². The summed E-state index contributed by atoms with van der Waals surface area (Å²) in [4.78, 5) is 0. The molecule has 0 aliphatic heterocycles. The fourth-order valence-corrected chi connectivity index (χ4v) is 6.97. The number of nitrogens with zero attached hydrogens (tertiary/aromatic N) is 1. The van der Waals surface area contributed by atoms with Crippen molar-refractivity contribution in [3.05, 3.63) is 185 Å². The average molecular weight is 610 g/mol. The van der Waals surface area contributed by atoms with E-state index in [9.17, 15) is 0 Å².